The fourth-order valence-corrected chi connectivity index (χ4v) is 3.10. The van der Waals surface area contributed by atoms with Crippen molar-refractivity contribution in [1.82, 2.24) is 5.32 Å². The topological polar surface area (TPSA) is 49.3 Å². The molecule has 0 bridgehead atoms. The molecule has 2 atom stereocenters. The molecule has 0 saturated heterocycles. The average Bonchev–Trinajstić information content (AvgIpc) is 2.79. The van der Waals surface area contributed by atoms with E-state index >= 15 is 0 Å². The zero-order valence-corrected chi connectivity index (χ0v) is 11.5. The zero-order chi connectivity index (χ0) is 13.1. The number of hydrogen-bond acceptors (Lipinski definition) is 3. The molecule has 0 aromatic heterocycles. The third-order valence-corrected chi connectivity index (χ3v) is 4.51. The maximum Gasteiger partial charge on any atom is 0.233 e. The van der Waals surface area contributed by atoms with E-state index in [2.05, 4.69) is 17.4 Å². The Labute approximate surface area is 112 Å². The predicted octanol–water partition coefficient (Wildman–Crippen LogP) is 1.84. The first kappa shape index (κ1) is 13.4. The van der Waals surface area contributed by atoms with Gasteiger partial charge in [-0.25, -0.2) is 0 Å². The third kappa shape index (κ3) is 3.06. The maximum atomic E-state index is 12.0. The Morgan fingerprint density at radius 2 is 2.22 bits per heavy atom. The number of carbonyl (C=O) groups excluding carboxylic acids is 1. The van der Waals surface area contributed by atoms with Gasteiger partial charge < -0.3 is 10.4 Å². The minimum Gasteiger partial charge on any atom is -0.391 e. The minimum absolute atomic E-state index is 0.0240. The van der Waals surface area contributed by atoms with Gasteiger partial charge in [-0.05, 0) is 24.0 Å². The Kier molecular flexibility index (Phi) is 4.30. The summed E-state index contributed by atoms with van der Waals surface area (Å²) in [4.78, 5) is 13.2. The lowest BCUT2D eigenvalue weighted by Crippen LogP contribution is -2.39. The first-order valence-electron chi connectivity index (χ1n) is 6.28. The second-order valence-electron chi connectivity index (χ2n) is 4.97. The summed E-state index contributed by atoms with van der Waals surface area (Å²) in [5.74, 6) is 0.189. The van der Waals surface area contributed by atoms with Gasteiger partial charge in [-0.15, -0.1) is 11.8 Å². The average molecular weight is 265 g/mol. The van der Waals surface area contributed by atoms with E-state index in [1.165, 1.54) is 10.5 Å². The first-order chi connectivity index (χ1) is 8.58. The summed E-state index contributed by atoms with van der Waals surface area (Å²) in [6, 6.07) is 8.12. The summed E-state index contributed by atoms with van der Waals surface area (Å²) < 4.78 is 0. The Morgan fingerprint density at radius 3 is 2.89 bits per heavy atom. The fourth-order valence-electron chi connectivity index (χ4n) is 1.88. The van der Waals surface area contributed by atoms with Crippen LogP contribution in [0.1, 0.15) is 19.4 Å². The number of rotatable bonds is 4. The number of carbonyl (C=O) groups is 1. The Morgan fingerprint density at radius 1 is 1.50 bits per heavy atom. The van der Waals surface area contributed by atoms with Crippen LogP contribution < -0.4 is 5.32 Å². The van der Waals surface area contributed by atoms with Crippen molar-refractivity contribution in [1.29, 1.82) is 0 Å². The van der Waals surface area contributed by atoms with Crippen LogP contribution in [0.4, 0.5) is 0 Å². The van der Waals surface area contributed by atoms with E-state index in [4.69, 9.17) is 0 Å². The standard InChI is InChI=1S/C14H19NO2S/c1-9(2)11(16)8-15-14(17)13-7-10-5-3-4-6-12(10)18-13/h3-6,9,11,13,16H,7-8H2,1-2H3,(H,15,17). The highest BCUT2D eigenvalue weighted by Gasteiger charge is 2.28. The van der Waals surface area contributed by atoms with Crippen molar-refractivity contribution in [3.05, 3.63) is 29.8 Å². The summed E-state index contributed by atoms with van der Waals surface area (Å²) >= 11 is 1.61. The third-order valence-electron chi connectivity index (χ3n) is 3.19. The van der Waals surface area contributed by atoms with E-state index < -0.39 is 6.10 Å². The van der Waals surface area contributed by atoms with Gasteiger partial charge in [0, 0.05) is 11.4 Å². The van der Waals surface area contributed by atoms with E-state index in [0.29, 0.717) is 6.54 Å². The van der Waals surface area contributed by atoms with Crippen LogP contribution in [-0.4, -0.2) is 28.9 Å². The Balaban J connectivity index is 1.86. The van der Waals surface area contributed by atoms with Gasteiger partial charge in [0.1, 0.15) is 0 Å². The molecule has 0 radical (unpaired) electrons. The largest absolute Gasteiger partial charge is 0.391 e. The molecule has 1 heterocycles. The van der Waals surface area contributed by atoms with Crippen molar-refractivity contribution in [3.8, 4) is 0 Å². The highest BCUT2D eigenvalue weighted by atomic mass is 32.2. The zero-order valence-electron chi connectivity index (χ0n) is 10.7. The van der Waals surface area contributed by atoms with E-state index in [1.807, 2.05) is 26.0 Å². The number of fused-ring (bicyclic) bond motifs is 1. The Hall–Kier alpha value is -1.00. The number of aliphatic hydroxyl groups excluding tert-OH is 1. The molecule has 0 aliphatic carbocycles. The van der Waals surface area contributed by atoms with Gasteiger partial charge in [0.05, 0.1) is 11.4 Å². The molecule has 2 rings (SSSR count). The van der Waals surface area contributed by atoms with Crippen LogP contribution in [0.2, 0.25) is 0 Å². The predicted molar refractivity (Wildman–Crippen MR) is 73.6 cm³/mol. The monoisotopic (exact) mass is 265 g/mol. The van der Waals surface area contributed by atoms with E-state index in [1.54, 1.807) is 11.8 Å². The van der Waals surface area contributed by atoms with Crippen molar-refractivity contribution >= 4 is 17.7 Å². The van der Waals surface area contributed by atoms with Crippen LogP contribution in [-0.2, 0) is 11.2 Å². The van der Waals surface area contributed by atoms with Crippen LogP contribution in [0.5, 0.6) is 0 Å². The first-order valence-corrected chi connectivity index (χ1v) is 7.16. The highest BCUT2D eigenvalue weighted by Crippen LogP contribution is 2.36. The van der Waals surface area contributed by atoms with Gasteiger partial charge in [-0.1, -0.05) is 32.0 Å². The molecule has 1 aliphatic rings. The molecule has 1 aliphatic heterocycles. The molecule has 3 nitrogen and oxygen atoms in total. The van der Waals surface area contributed by atoms with Crippen molar-refractivity contribution in [3.63, 3.8) is 0 Å². The van der Waals surface area contributed by atoms with Gasteiger partial charge in [-0.3, -0.25) is 4.79 Å². The van der Waals surface area contributed by atoms with Crippen LogP contribution in [0, 0.1) is 5.92 Å². The lowest BCUT2D eigenvalue weighted by molar-refractivity contribution is -0.121. The SMILES string of the molecule is CC(C)C(O)CNC(=O)C1Cc2ccccc2S1. The normalized spacial score (nSPS) is 19.7. The molecule has 4 heteroatoms. The lowest BCUT2D eigenvalue weighted by atomic mass is 10.1. The van der Waals surface area contributed by atoms with Crippen molar-refractivity contribution in [2.45, 2.75) is 36.5 Å². The van der Waals surface area contributed by atoms with E-state index in [-0.39, 0.29) is 17.1 Å². The summed E-state index contributed by atoms with van der Waals surface area (Å²) in [6.45, 7) is 4.22. The second kappa shape index (κ2) is 5.76. The second-order valence-corrected chi connectivity index (χ2v) is 6.22. The van der Waals surface area contributed by atoms with Crippen LogP contribution in [0.15, 0.2) is 29.2 Å². The van der Waals surface area contributed by atoms with Gasteiger partial charge >= 0.3 is 0 Å². The van der Waals surface area contributed by atoms with E-state index in [0.717, 1.165) is 6.42 Å². The molecule has 1 aromatic carbocycles. The smallest absolute Gasteiger partial charge is 0.233 e. The molecule has 18 heavy (non-hydrogen) atoms. The molecule has 2 unspecified atom stereocenters. The van der Waals surface area contributed by atoms with Crippen molar-refractivity contribution < 1.29 is 9.90 Å². The maximum absolute atomic E-state index is 12.0. The van der Waals surface area contributed by atoms with Crippen molar-refractivity contribution in [2.75, 3.05) is 6.54 Å². The molecule has 0 spiro atoms. The summed E-state index contributed by atoms with van der Waals surface area (Å²) in [7, 11) is 0. The van der Waals surface area contributed by atoms with Crippen molar-refractivity contribution in [2.24, 2.45) is 5.92 Å². The molecule has 1 aromatic rings. The van der Waals surface area contributed by atoms with Gasteiger partial charge in [0.25, 0.3) is 0 Å². The molecule has 0 fully saturated rings. The van der Waals surface area contributed by atoms with Crippen LogP contribution >= 0.6 is 11.8 Å². The summed E-state index contributed by atoms with van der Waals surface area (Å²) in [5, 5.41) is 12.4. The number of benzene rings is 1. The van der Waals surface area contributed by atoms with Crippen LogP contribution in [0.3, 0.4) is 0 Å². The fraction of sp³-hybridized carbons (Fsp3) is 0.500. The van der Waals surface area contributed by atoms with Gasteiger partial charge in [0.2, 0.25) is 5.91 Å². The number of aliphatic hydroxyl groups is 1. The molecule has 2 N–H and O–H groups in total. The molecular weight excluding hydrogens is 246 g/mol. The highest BCUT2D eigenvalue weighted by molar-refractivity contribution is 8.01. The number of amides is 1. The molecule has 1 amide bonds. The quantitative estimate of drug-likeness (QED) is 0.873. The molecular formula is C14H19NO2S. The van der Waals surface area contributed by atoms with E-state index in [9.17, 15) is 9.90 Å². The summed E-state index contributed by atoms with van der Waals surface area (Å²) in [5.41, 5.74) is 1.24. The van der Waals surface area contributed by atoms with Gasteiger partial charge in [0.15, 0.2) is 0 Å². The van der Waals surface area contributed by atoms with Gasteiger partial charge in [-0.2, -0.15) is 0 Å². The van der Waals surface area contributed by atoms with Crippen LogP contribution in [0.25, 0.3) is 0 Å². The molecule has 98 valence electrons. The number of nitrogens with one attached hydrogen (secondary N) is 1. The number of hydrogen-bond donors (Lipinski definition) is 2. The lowest BCUT2D eigenvalue weighted by Gasteiger charge is -2.16. The molecule has 0 saturated carbocycles. The summed E-state index contributed by atoms with van der Waals surface area (Å²) in [6.07, 6.45) is 0.312. The number of thioether (sulfide) groups is 1. The minimum atomic E-state index is -0.470. The Bertz CT molecular complexity index is 409.